The number of carbonyl (C=O) groups excluding carboxylic acids is 1. The first-order valence-electron chi connectivity index (χ1n) is 13.3. The highest BCUT2D eigenvalue weighted by molar-refractivity contribution is 7.19. The number of thiophene rings is 1. The third-order valence-electron chi connectivity index (χ3n) is 7.68. The number of fused-ring (bicyclic) bond motifs is 3. The number of aryl methyl sites for hydroxylation is 1. The second-order valence-electron chi connectivity index (χ2n) is 10.2. The van der Waals surface area contributed by atoms with E-state index >= 15 is 0 Å². The van der Waals surface area contributed by atoms with E-state index in [2.05, 4.69) is 5.32 Å². The Labute approximate surface area is 245 Å². The molecule has 0 fully saturated rings. The number of carbonyl (C=O) groups is 1. The van der Waals surface area contributed by atoms with Crippen molar-refractivity contribution in [3.05, 3.63) is 98.1 Å². The Morgan fingerprint density at radius 2 is 2.00 bits per heavy atom. The summed E-state index contributed by atoms with van der Waals surface area (Å²) in [5.74, 6) is -0.390. The number of nitrogens with zero attached hydrogens (tertiary/aromatic N) is 2. The molecule has 0 radical (unpaired) electrons. The van der Waals surface area contributed by atoms with Crippen molar-refractivity contribution < 1.29 is 19.1 Å². The predicted octanol–water partition coefficient (Wildman–Crippen LogP) is 6.12. The molecule has 210 valence electrons. The van der Waals surface area contributed by atoms with Gasteiger partial charge in [-0.1, -0.05) is 54.1 Å². The number of benzene rings is 2. The van der Waals surface area contributed by atoms with Crippen molar-refractivity contribution in [2.24, 2.45) is 5.92 Å². The van der Waals surface area contributed by atoms with Gasteiger partial charge in [0, 0.05) is 21.7 Å². The zero-order valence-corrected chi connectivity index (χ0v) is 24.1. The SMILES string of the molecule is COc1ccc(-c2c(Cl)c(Cn3c(O)coc3=O)nc3sc4c(c23)CCC(C(=O)N[C@H](C)c2ccccc2)C4)cc1. The molecule has 1 unspecified atom stereocenters. The lowest BCUT2D eigenvalue weighted by Crippen LogP contribution is -2.35. The van der Waals surface area contributed by atoms with Crippen molar-refractivity contribution in [2.75, 3.05) is 7.11 Å². The van der Waals surface area contributed by atoms with Crippen LogP contribution in [-0.4, -0.2) is 27.7 Å². The Morgan fingerprint density at radius 1 is 1.24 bits per heavy atom. The van der Waals surface area contributed by atoms with E-state index in [1.807, 2.05) is 61.5 Å². The molecule has 3 heterocycles. The van der Waals surface area contributed by atoms with E-state index < -0.39 is 5.76 Å². The van der Waals surface area contributed by atoms with Gasteiger partial charge in [-0.15, -0.1) is 11.3 Å². The number of hydrogen-bond acceptors (Lipinski definition) is 7. The van der Waals surface area contributed by atoms with Gasteiger partial charge in [0.2, 0.25) is 11.8 Å². The quantitative estimate of drug-likeness (QED) is 0.237. The smallest absolute Gasteiger partial charge is 0.422 e. The van der Waals surface area contributed by atoms with Gasteiger partial charge >= 0.3 is 5.76 Å². The molecule has 5 aromatic rings. The number of oxazole rings is 1. The van der Waals surface area contributed by atoms with Crippen LogP contribution < -0.4 is 15.8 Å². The number of methoxy groups -OCH3 is 1. The highest BCUT2D eigenvalue weighted by Crippen LogP contribution is 2.46. The second-order valence-corrected chi connectivity index (χ2v) is 11.6. The van der Waals surface area contributed by atoms with Crippen LogP contribution in [0.4, 0.5) is 0 Å². The topological polar surface area (TPSA) is 107 Å². The number of pyridine rings is 1. The molecule has 2 N–H and O–H groups in total. The van der Waals surface area contributed by atoms with Gasteiger partial charge in [-0.3, -0.25) is 4.79 Å². The lowest BCUT2D eigenvalue weighted by atomic mass is 9.85. The minimum absolute atomic E-state index is 0.0429. The number of hydrogen-bond donors (Lipinski definition) is 2. The fourth-order valence-electron chi connectivity index (χ4n) is 5.47. The van der Waals surface area contributed by atoms with Crippen LogP contribution in [0.15, 0.2) is 70.1 Å². The zero-order chi connectivity index (χ0) is 28.7. The average Bonchev–Trinajstić information content (AvgIpc) is 3.51. The van der Waals surface area contributed by atoms with Crippen molar-refractivity contribution in [3.63, 3.8) is 0 Å². The van der Waals surface area contributed by atoms with Crippen molar-refractivity contribution in [1.82, 2.24) is 14.9 Å². The summed E-state index contributed by atoms with van der Waals surface area (Å²) in [7, 11) is 1.61. The Hall–Kier alpha value is -4.08. The molecule has 2 atom stereocenters. The number of amides is 1. The lowest BCUT2D eigenvalue weighted by molar-refractivity contribution is -0.126. The first-order valence-corrected chi connectivity index (χ1v) is 14.5. The van der Waals surface area contributed by atoms with Crippen LogP contribution in [0.5, 0.6) is 11.6 Å². The average molecular weight is 590 g/mol. The van der Waals surface area contributed by atoms with Crippen molar-refractivity contribution >= 4 is 39.1 Å². The van der Waals surface area contributed by atoms with E-state index in [4.69, 9.17) is 25.7 Å². The van der Waals surface area contributed by atoms with Gasteiger partial charge in [-0.05, 0) is 55.0 Å². The van der Waals surface area contributed by atoms with Crippen molar-refractivity contribution in [1.29, 1.82) is 0 Å². The van der Waals surface area contributed by atoms with Crippen LogP contribution in [0.1, 0.15) is 41.1 Å². The summed E-state index contributed by atoms with van der Waals surface area (Å²) in [5.41, 5.74) is 4.35. The van der Waals surface area contributed by atoms with E-state index in [0.29, 0.717) is 23.6 Å². The third kappa shape index (κ3) is 5.11. The molecule has 10 heteroatoms. The molecule has 0 aliphatic heterocycles. The van der Waals surface area contributed by atoms with Gasteiger partial charge in [0.05, 0.1) is 30.4 Å². The van der Waals surface area contributed by atoms with E-state index in [0.717, 1.165) is 60.3 Å². The van der Waals surface area contributed by atoms with Gasteiger partial charge < -0.3 is 19.6 Å². The Morgan fingerprint density at radius 3 is 2.68 bits per heavy atom. The third-order valence-corrected chi connectivity index (χ3v) is 9.24. The van der Waals surface area contributed by atoms with Crippen LogP contribution in [0.25, 0.3) is 21.3 Å². The maximum Gasteiger partial charge on any atom is 0.422 e. The molecule has 1 aliphatic rings. The monoisotopic (exact) mass is 589 g/mol. The zero-order valence-electron chi connectivity index (χ0n) is 22.5. The molecule has 0 spiro atoms. The summed E-state index contributed by atoms with van der Waals surface area (Å²) in [5, 5.41) is 14.7. The Balaban J connectivity index is 1.39. The van der Waals surface area contributed by atoms with E-state index in [-0.39, 0.29) is 30.3 Å². The van der Waals surface area contributed by atoms with Gasteiger partial charge in [-0.25, -0.2) is 14.3 Å². The minimum atomic E-state index is -0.699. The molecular formula is C31H28ClN3O5S. The number of aromatic hydroxyl groups is 1. The standard InChI is InChI=1S/C31H28ClN3O5S/c1-17(18-6-4-3-5-7-18)33-29(37)20-10-13-22-24(14-20)41-30-27(22)26(19-8-11-21(39-2)12-9-19)28(32)23(34-30)15-35-25(36)16-40-31(35)38/h3-9,11-12,16-17,20,36H,10,13-15H2,1-2H3,(H,33,37)/t17-,20?/m1/s1. The Kier molecular flexibility index (Phi) is 7.32. The molecular weight excluding hydrogens is 562 g/mol. The van der Waals surface area contributed by atoms with Crippen LogP contribution in [0, 0.1) is 5.92 Å². The van der Waals surface area contributed by atoms with Crippen LogP contribution in [0.2, 0.25) is 5.02 Å². The molecule has 0 bridgehead atoms. The maximum absolute atomic E-state index is 13.3. The van der Waals surface area contributed by atoms with Crippen LogP contribution in [-0.2, 0) is 24.2 Å². The van der Waals surface area contributed by atoms with E-state index in [1.54, 1.807) is 18.4 Å². The molecule has 8 nitrogen and oxygen atoms in total. The van der Waals surface area contributed by atoms with Gasteiger partial charge in [0.15, 0.2) is 6.26 Å². The second kappa shape index (κ2) is 11.1. The van der Waals surface area contributed by atoms with E-state index in [9.17, 15) is 14.7 Å². The summed E-state index contributed by atoms with van der Waals surface area (Å²) >= 11 is 8.58. The van der Waals surface area contributed by atoms with Crippen molar-refractivity contribution in [2.45, 2.75) is 38.8 Å². The fourth-order valence-corrected chi connectivity index (χ4v) is 7.10. The van der Waals surface area contributed by atoms with Gasteiger partial charge in [0.25, 0.3) is 0 Å². The van der Waals surface area contributed by atoms with Gasteiger partial charge in [-0.2, -0.15) is 0 Å². The number of ether oxygens (including phenoxy) is 1. The summed E-state index contributed by atoms with van der Waals surface area (Å²) in [6.45, 7) is 1.95. The highest BCUT2D eigenvalue weighted by Gasteiger charge is 2.31. The molecule has 6 rings (SSSR count). The van der Waals surface area contributed by atoms with Gasteiger partial charge in [0.1, 0.15) is 10.6 Å². The molecule has 2 aromatic carbocycles. The predicted molar refractivity (Wildman–Crippen MR) is 159 cm³/mol. The largest absolute Gasteiger partial charge is 0.497 e. The number of halogens is 1. The molecule has 1 amide bonds. The highest BCUT2D eigenvalue weighted by atomic mass is 35.5. The van der Waals surface area contributed by atoms with Crippen molar-refractivity contribution in [3.8, 4) is 22.8 Å². The van der Waals surface area contributed by atoms with E-state index in [1.165, 1.54) is 0 Å². The normalized spacial score (nSPS) is 15.4. The number of rotatable bonds is 7. The molecule has 3 aromatic heterocycles. The van der Waals surface area contributed by atoms with Crippen LogP contribution >= 0.6 is 22.9 Å². The molecule has 0 saturated carbocycles. The molecule has 0 saturated heterocycles. The lowest BCUT2D eigenvalue weighted by Gasteiger charge is -2.24. The Bertz CT molecular complexity index is 1790. The summed E-state index contributed by atoms with van der Waals surface area (Å²) < 4.78 is 11.3. The maximum atomic E-state index is 13.3. The first kappa shape index (κ1) is 27.1. The number of nitrogens with one attached hydrogen (secondary N) is 1. The summed E-state index contributed by atoms with van der Waals surface area (Å²) in [6, 6.07) is 17.5. The summed E-state index contributed by atoms with van der Waals surface area (Å²) in [4.78, 5) is 32.2. The minimum Gasteiger partial charge on any atom is -0.497 e. The number of aromatic nitrogens is 2. The van der Waals surface area contributed by atoms with Crippen LogP contribution in [0.3, 0.4) is 0 Å². The first-order chi connectivity index (χ1) is 19.8. The fraction of sp³-hybridized carbons (Fsp3) is 0.258. The molecule has 1 aliphatic carbocycles. The molecule has 41 heavy (non-hydrogen) atoms. The summed E-state index contributed by atoms with van der Waals surface area (Å²) in [6.07, 6.45) is 3.04.